The third-order valence-corrected chi connectivity index (χ3v) is 6.35. The van der Waals surface area contributed by atoms with Crippen LogP contribution in [-0.4, -0.2) is 23.5 Å². The fourth-order valence-corrected chi connectivity index (χ4v) is 3.28. The summed E-state index contributed by atoms with van der Waals surface area (Å²) in [5.41, 5.74) is 1.05. The van der Waals surface area contributed by atoms with Gasteiger partial charge in [0, 0.05) is 22.7 Å². The van der Waals surface area contributed by atoms with Crippen molar-refractivity contribution in [2.24, 2.45) is 0 Å². The third-order valence-electron chi connectivity index (χ3n) is 3.27. The number of aryl methyl sites for hydroxylation is 1. The smallest absolute Gasteiger partial charge is 0.156 e. The largest absolute Gasteiger partial charge is 0.346 e. The van der Waals surface area contributed by atoms with Crippen LogP contribution >= 0.6 is 15.9 Å². The van der Waals surface area contributed by atoms with E-state index in [1.54, 1.807) is 20.8 Å². The molecule has 0 spiro atoms. The predicted octanol–water partition coefficient (Wildman–Crippen LogP) is 3.62. The molecule has 0 saturated heterocycles. The van der Waals surface area contributed by atoms with E-state index in [4.69, 9.17) is 0 Å². The van der Waals surface area contributed by atoms with Crippen molar-refractivity contribution < 1.29 is 8.42 Å². The van der Waals surface area contributed by atoms with Crippen molar-refractivity contribution in [3.8, 4) is 0 Å². The van der Waals surface area contributed by atoms with E-state index < -0.39 is 14.6 Å². The zero-order chi connectivity index (χ0) is 14.3. The summed E-state index contributed by atoms with van der Waals surface area (Å²) in [6, 6.07) is 8.03. The van der Waals surface area contributed by atoms with Gasteiger partial charge in [-0.05, 0) is 44.4 Å². The minimum atomic E-state index is -3.09. The van der Waals surface area contributed by atoms with E-state index in [0.717, 1.165) is 15.4 Å². The molecule has 0 fully saturated rings. The Hall–Kier alpha value is -0.810. The lowest BCUT2D eigenvalue weighted by Gasteiger charge is -2.19. The van der Waals surface area contributed by atoms with E-state index in [-0.39, 0.29) is 5.75 Å². The third kappa shape index (κ3) is 3.03. The van der Waals surface area contributed by atoms with Crippen molar-refractivity contribution in [1.82, 2.24) is 4.57 Å². The average Bonchev–Trinajstić information content (AvgIpc) is 2.67. The normalized spacial score (nSPS) is 13.1. The first-order valence-electron chi connectivity index (χ1n) is 6.17. The molecule has 1 aromatic carbocycles. The highest BCUT2D eigenvalue weighted by Gasteiger charge is 2.28. The van der Waals surface area contributed by atoms with E-state index in [0.29, 0.717) is 6.54 Å². The Kier molecular flexibility index (Phi) is 3.80. The summed E-state index contributed by atoms with van der Waals surface area (Å²) in [4.78, 5) is 0. The maximum absolute atomic E-state index is 12.1. The van der Waals surface area contributed by atoms with Crippen molar-refractivity contribution in [1.29, 1.82) is 0 Å². The number of rotatable bonds is 3. The summed E-state index contributed by atoms with van der Waals surface area (Å²) in [6.45, 7) is 5.71. The number of sulfone groups is 1. The topological polar surface area (TPSA) is 39.1 Å². The number of hydrogen-bond donors (Lipinski definition) is 0. The Labute approximate surface area is 122 Å². The van der Waals surface area contributed by atoms with E-state index in [1.807, 2.05) is 35.0 Å². The number of benzene rings is 1. The van der Waals surface area contributed by atoms with E-state index in [2.05, 4.69) is 15.9 Å². The minimum Gasteiger partial charge on any atom is -0.346 e. The van der Waals surface area contributed by atoms with Gasteiger partial charge in [-0.1, -0.05) is 22.0 Å². The van der Waals surface area contributed by atoms with Gasteiger partial charge in [-0.15, -0.1) is 0 Å². The first kappa shape index (κ1) is 14.6. The summed E-state index contributed by atoms with van der Waals surface area (Å²) in [6.07, 6.45) is 1.94. The first-order valence-corrected chi connectivity index (χ1v) is 8.62. The summed E-state index contributed by atoms with van der Waals surface area (Å²) < 4.78 is 26.5. The Morgan fingerprint density at radius 3 is 2.53 bits per heavy atom. The van der Waals surface area contributed by atoms with Crippen LogP contribution in [-0.2, 0) is 16.4 Å². The maximum Gasteiger partial charge on any atom is 0.156 e. The number of fused-ring (bicyclic) bond motifs is 1. The van der Waals surface area contributed by atoms with Crippen molar-refractivity contribution in [2.75, 3.05) is 5.75 Å². The molecule has 0 amide bonds. The van der Waals surface area contributed by atoms with Crippen LogP contribution in [0.2, 0.25) is 0 Å². The van der Waals surface area contributed by atoms with Gasteiger partial charge in [0.2, 0.25) is 0 Å². The first-order chi connectivity index (χ1) is 8.71. The molecule has 2 rings (SSSR count). The number of nitrogens with zero attached hydrogens (tertiary/aromatic N) is 1. The fraction of sp³-hybridized carbons (Fsp3) is 0.429. The summed E-state index contributed by atoms with van der Waals surface area (Å²) in [5, 5.41) is 1.12. The molecule has 1 aromatic heterocycles. The zero-order valence-electron chi connectivity index (χ0n) is 11.4. The molecule has 0 N–H and O–H groups in total. The second kappa shape index (κ2) is 4.94. The number of halogens is 1. The van der Waals surface area contributed by atoms with Crippen LogP contribution in [0.5, 0.6) is 0 Å². The Morgan fingerprint density at radius 2 is 1.89 bits per heavy atom. The molecule has 19 heavy (non-hydrogen) atoms. The van der Waals surface area contributed by atoms with E-state index in [1.165, 1.54) is 0 Å². The van der Waals surface area contributed by atoms with Crippen molar-refractivity contribution in [2.45, 2.75) is 32.1 Å². The van der Waals surface area contributed by atoms with Gasteiger partial charge in [0.25, 0.3) is 0 Å². The highest BCUT2D eigenvalue weighted by Crippen LogP contribution is 2.22. The summed E-state index contributed by atoms with van der Waals surface area (Å²) in [7, 11) is -3.09. The predicted molar refractivity (Wildman–Crippen MR) is 83.2 cm³/mol. The maximum atomic E-state index is 12.1. The van der Waals surface area contributed by atoms with Crippen molar-refractivity contribution in [3.63, 3.8) is 0 Å². The molecule has 0 bridgehead atoms. The molecular weight excluding hydrogens is 326 g/mol. The summed E-state index contributed by atoms with van der Waals surface area (Å²) >= 11 is 3.44. The zero-order valence-corrected chi connectivity index (χ0v) is 13.8. The van der Waals surface area contributed by atoms with Crippen LogP contribution in [0.4, 0.5) is 0 Å². The molecule has 2 aromatic rings. The van der Waals surface area contributed by atoms with Crippen LogP contribution in [0.25, 0.3) is 10.9 Å². The van der Waals surface area contributed by atoms with Gasteiger partial charge < -0.3 is 4.57 Å². The standard InChI is InChI=1S/C14H18BrNO2S/c1-14(2,3)19(17,18)9-8-16-7-6-11-4-5-12(15)10-13(11)16/h4-7,10H,8-9H2,1-3H3. The highest BCUT2D eigenvalue weighted by molar-refractivity contribution is 9.10. The number of hydrogen-bond acceptors (Lipinski definition) is 2. The average molecular weight is 344 g/mol. The quantitative estimate of drug-likeness (QED) is 0.853. The molecule has 104 valence electrons. The monoisotopic (exact) mass is 343 g/mol. The van der Waals surface area contributed by atoms with Crippen molar-refractivity contribution >= 4 is 36.7 Å². The molecule has 5 heteroatoms. The van der Waals surface area contributed by atoms with Gasteiger partial charge in [-0.3, -0.25) is 0 Å². The Morgan fingerprint density at radius 1 is 1.21 bits per heavy atom. The lowest BCUT2D eigenvalue weighted by atomic mass is 10.2. The molecule has 0 radical (unpaired) electrons. The molecule has 0 aliphatic rings. The van der Waals surface area contributed by atoms with Gasteiger partial charge in [0.05, 0.1) is 10.5 Å². The second-order valence-electron chi connectivity index (χ2n) is 5.64. The van der Waals surface area contributed by atoms with Crippen LogP contribution in [0, 0.1) is 0 Å². The lowest BCUT2D eigenvalue weighted by molar-refractivity contribution is 0.555. The Bertz CT molecular complexity index is 696. The summed E-state index contributed by atoms with van der Waals surface area (Å²) in [5.74, 6) is 0.160. The lowest BCUT2D eigenvalue weighted by Crippen LogP contribution is -2.31. The fourth-order valence-electron chi connectivity index (χ4n) is 1.88. The van der Waals surface area contributed by atoms with Crippen LogP contribution < -0.4 is 0 Å². The van der Waals surface area contributed by atoms with E-state index >= 15 is 0 Å². The minimum absolute atomic E-state index is 0.160. The molecule has 3 nitrogen and oxygen atoms in total. The van der Waals surface area contributed by atoms with Gasteiger partial charge in [0.1, 0.15) is 0 Å². The van der Waals surface area contributed by atoms with Crippen LogP contribution in [0.3, 0.4) is 0 Å². The van der Waals surface area contributed by atoms with Crippen LogP contribution in [0.15, 0.2) is 34.9 Å². The molecule has 0 aliphatic carbocycles. The molecule has 0 saturated carbocycles. The molecule has 0 atom stereocenters. The van der Waals surface area contributed by atoms with Crippen LogP contribution in [0.1, 0.15) is 20.8 Å². The van der Waals surface area contributed by atoms with Gasteiger partial charge in [0.15, 0.2) is 9.84 Å². The SMILES string of the molecule is CC(C)(C)S(=O)(=O)CCn1ccc2ccc(Br)cc21. The molecule has 0 unspecified atom stereocenters. The second-order valence-corrected chi connectivity index (χ2v) is 9.42. The molecular formula is C14H18BrNO2S. The van der Waals surface area contributed by atoms with Gasteiger partial charge >= 0.3 is 0 Å². The highest BCUT2D eigenvalue weighted by atomic mass is 79.9. The van der Waals surface area contributed by atoms with E-state index in [9.17, 15) is 8.42 Å². The molecule has 0 aliphatic heterocycles. The molecule has 1 heterocycles. The van der Waals surface area contributed by atoms with Crippen molar-refractivity contribution in [3.05, 3.63) is 34.9 Å². The Balaban J connectivity index is 2.26. The number of aromatic nitrogens is 1. The van der Waals surface area contributed by atoms with Gasteiger partial charge in [-0.25, -0.2) is 8.42 Å². The van der Waals surface area contributed by atoms with Gasteiger partial charge in [-0.2, -0.15) is 0 Å².